The highest BCUT2D eigenvalue weighted by molar-refractivity contribution is 5.90. The van der Waals surface area contributed by atoms with Gasteiger partial charge in [0, 0.05) is 12.5 Å². The smallest absolute Gasteiger partial charge is 0.321 e. The maximum Gasteiger partial charge on any atom is 0.321 e. The van der Waals surface area contributed by atoms with Crippen LogP contribution in [0.1, 0.15) is 20.3 Å². The monoisotopic (exact) mass is 171 g/mol. The van der Waals surface area contributed by atoms with Crippen molar-refractivity contribution in [2.45, 2.75) is 32.4 Å². The summed E-state index contributed by atoms with van der Waals surface area (Å²) in [5.74, 6) is -0.870. The van der Waals surface area contributed by atoms with Gasteiger partial charge < -0.3 is 5.11 Å². The van der Waals surface area contributed by atoms with Gasteiger partial charge in [-0.05, 0) is 13.8 Å². The number of Topliss-reactive ketones (excluding diaryl/α,β-unsaturated/α-hetero) is 1. The molecule has 1 heterocycles. The van der Waals surface area contributed by atoms with E-state index in [-0.39, 0.29) is 24.8 Å². The molecule has 0 spiro atoms. The van der Waals surface area contributed by atoms with Gasteiger partial charge in [-0.3, -0.25) is 14.5 Å². The lowest BCUT2D eigenvalue weighted by Crippen LogP contribution is -2.40. The molecule has 12 heavy (non-hydrogen) atoms. The molecule has 4 nitrogen and oxygen atoms in total. The Morgan fingerprint density at radius 3 is 2.58 bits per heavy atom. The van der Waals surface area contributed by atoms with Crippen molar-refractivity contribution in [2.24, 2.45) is 0 Å². The van der Waals surface area contributed by atoms with Crippen LogP contribution in [0.2, 0.25) is 0 Å². The van der Waals surface area contributed by atoms with Crippen LogP contribution in [-0.4, -0.2) is 40.4 Å². The molecule has 1 rings (SSSR count). The molecule has 1 N–H and O–H groups in total. The number of likely N-dealkylation sites (tertiary alicyclic amines) is 1. The van der Waals surface area contributed by atoms with Crippen molar-refractivity contribution in [3.63, 3.8) is 0 Å². The van der Waals surface area contributed by atoms with Crippen LogP contribution >= 0.6 is 0 Å². The van der Waals surface area contributed by atoms with Gasteiger partial charge in [-0.2, -0.15) is 0 Å². The van der Waals surface area contributed by atoms with Crippen molar-refractivity contribution in [3.8, 4) is 0 Å². The Balaban J connectivity index is 2.72. The van der Waals surface area contributed by atoms with Crippen LogP contribution in [-0.2, 0) is 9.59 Å². The van der Waals surface area contributed by atoms with E-state index in [0.29, 0.717) is 0 Å². The summed E-state index contributed by atoms with van der Waals surface area (Å²) in [5, 5.41) is 8.76. The van der Waals surface area contributed by atoms with Crippen molar-refractivity contribution >= 4 is 11.8 Å². The number of carboxylic acid groups (broad SMARTS) is 1. The predicted octanol–water partition coefficient (Wildman–Crippen LogP) is 0.123. The zero-order valence-electron chi connectivity index (χ0n) is 7.28. The van der Waals surface area contributed by atoms with Crippen LogP contribution in [0.25, 0.3) is 0 Å². The van der Waals surface area contributed by atoms with Gasteiger partial charge in [-0.15, -0.1) is 0 Å². The van der Waals surface area contributed by atoms with Gasteiger partial charge in [-0.25, -0.2) is 0 Å². The highest BCUT2D eigenvalue weighted by Crippen LogP contribution is 2.17. The fraction of sp³-hybridized carbons (Fsp3) is 0.750. The molecule has 1 aliphatic rings. The number of hydrogen-bond donors (Lipinski definition) is 1. The number of carboxylic acids is 1. The average molecular weight is 171 g/mol. The minimum atomic E-state index is -0.894. The zero-order valence-corrected chi connectivity index (χ0v) is 7.28. The van der Waals surface area contributed by atoms with Crippen molar-refractivity contribution in [2.75, 3.05) is 6.54 Å². The van der Waals surface area contributed by atoms with Gasteiger partial charge in [0.1, 0.15) is 11.8 Å². The summed E-state index contributed by atoms with van der Waals surface area (Å²) in [6.45, 7) is 4.08. The number of carbonyl (C=O) groups excluding carboxylic acids is 1. The molecular formula is C8H13NO3. The number of rotatable bonds is 2. The van der Waals surface area contributed by atoms with Crippen molar-refractivity contribution in [1.82, 2.24) is 4.90 Å². The zero-order chi connectivity index (χ0) is 9.30. The fourth-order valence-electron chi connectivity index (χ4n) is 1.48. The van der Waals surface area contributed by atoms with E-state index in [2.05, 4.69) is 0 Å². The number of ketones is 1. The summed E-state index contributed by atoms with van der Waals surface area (Å²) in [7, 11) is 0. The first kappa shape index (κ1) is 9.19. The fourth-order valence-corrected chi connectivity index (χ4v) is 1.48. The normalized spacial score (nSPS) is 25.2. The van der Waals surface area contributed by atoms with E-state index in [1.807, 2.05) is 13.8 Å². The van der Waals surface area contributed by atoms with Crippen LogP contribution in [0.4, 0.5) is 0 Å². The van der Waals surface area contributed by atoms with Crippen LogP contribution in [0.5, 0.6) is 0 Å². The molecule has 0 aliphatic carbocycles. The van der Waals surface area contributed by atoms with Crippen LogP contribution in [0.15, 0.2) is 0 Å². The summed E-state index contributed by atoms with van der Waals surface area (Å²) >= 11 is 0. The van der Waals surface area contributed by atoms with Crippen LogP contribution < -0.4 is 0 Å². The minimum absolute atomic E-state index is 0.0242. The molecule has 68 valence electrons. The van der Waals surface area contributed by atoms with E-state index in [0.717, 1.165) is 0 Å². The Kier molecular flexibility index (Phi) is 2.47. The van der Waals surface area contributed by atoms with E-state index in [1.165, 1.54) is 0 Å². The maximum atomic E-state index is 11.0. The maximum absolute atomic E-state index is 11.0. The summed E-state index contributed by atoms with van der Waals surface area (Å²) in [6, 6.07) is -0.477. The van der Waals surface area contributed by atoms with Crippen molar-refractivity contribution < 1.29 is 14.7 Å². The first-order valence-electron chi connectivity index (χ1n) is 4.02. The number of hydrogen-bond acceptors (Lipinski definition) is 3. The van der Waals surface area contributed by atoms with Crippen LogP contribution in [0, 0.1) is 0 Å². The standard InChI is InChI=1S/C8H13NO3/c1-5(2)9-4-6(10)3-7(9)8(11)12/h5,7H,3-4H2,1-2H3,(H,11,12)/t7-/m0/s1. The van der Waals surface area contributed by atoms with Gasteiger partial charge in [-0.1, -0.05) is 0 Å². The van der Waals surface area contributed by atoms with Crippen LogP contribution in [0.3, 0.4) is 0 Å². The third-order valence-corrected chi connectivity index (χ3v) is 2.13. The molecule has 0 bridgehead atoms. The first-order chi connectivity index (χ1) is 5.52. The summed E-state index contributed by atoms with van der Waals surface area (Å²) in [4.78, 5) is 23.3. The molecule has 1 saturated heterocycles. The van der Waals surface area contributed by atoms with E-state index in [9.17, 15) is 9.59 Å². The van der Waals surface area contributed by atoms with Crippen molar-refractivity contribution in [3.05, 3.63) is 0 Å². The lowest BCUT2D eigenvalue weighted by Gasteiger charge is -2.23. The molecule has 4 heteroatoms. The molecule has 0 amide bonds. The van der Waals surface area contributed by atoms with E-state index in [1.54, 1.807) is 4.90 Å². The van der Waals surface area contributed by atoms with E-state index in [4.69, 9.17) is 5.11 Å². The molecule has 0 unspecified atom stereocenters. The molecule has 1 aliphatic heterocycles. The van der Waals surface area contributed by atoms with E-state index >= 15 is 0 Å². The van der Waals surface area contributed by atoms with Crippen molar-refractivity contribution in [1.29, 1.82) is 0 Å². The third-order valence-electron chi connectivity index (χ3n) is 2.13. The Morgan fingerprint density at radius 1 is 1.67 bits per heavy atom. The second kappa shape index (κ2) is 3.23. The highest BCUT2D eigenvalue weighted by Gasteiger charge is 2.36. The molecular weight excluding hydrogens is 158 g/mol. The number of carbonyl (C=O) groups is 2. The molecule has 0 aromatic heterocycles. The summed E-state index contributed by atoms with van der Waals surface area (Å²) in [5.41, 5.74) is 0. The van der Waals surface area contributed by atoms with Gasteiger partial charge in [0.05, 0.1) is 6.54 Å². The number of nitrogens with zero attached hydrogens (tertiary/aromatic N) is 1. The molecule has 1 atom stereocenters. The molecule has 0 radical (unpaired) electrons. The Bertz CT molecular complexity index is 212. The summed E-state index contributed by atoms with van der Waals surface area (Å²) < 4.78 is 0. The molecule has 0 saturated carbocycles. The van der Waals surface area contributed by atoms with Gasteiger partial charge in [0.2, 0.25) is 0 Å². The Morgan fingerprint density at radius 2 is 2.25 bits per heavy atom. The highest BCUT2D eigenvalue weighted by atomic mass is 16.4. The minimum Gasteiger partial charge on any atom is -0.480 e. The van der Waals surface area contributed by atoms with E-state index < -0.39 is 12.0 Å². The quantitative estimate of drug-likeness (QED) is 0.641. The second-order valence-electron chi connectivity index (χ2n) is 3.36. The predicted molar refractivity (Wildman–Crippen MR) is 42.9 cm³/mol. The third kappa shape index (κ3) is 1.64. The number of aliphatic carboxylic acids is 1. The molecule has 0 aromatic carbocycles. The van der Waals surface area contributed by atoms with Gasteiger partial charge in [0.25, 0.3) is 0 Å². The lowest BCUT2D eigenvalue weighted by molar-refractivity contribution is -0.142. The average Bonchev–Trinajstić information content (AvgIpc) is 2.31. The Hall–Kier alpha value is -0.900. The largest absolute Gasteiger partial charge is 0.480 e. The SMILES string of the molecule is CC(C)N1CC(=O)C[C@H]1C(=O)O. The summed E-state index contributed by atoms with van der Waals surface area (Å²) in [6.07, 6.45) is 0.160. The Labute approximate surface area is 71.2 Å². The topological polar surface area (TPSA) is 57.6 Å². The molecule has 0 aromatic rings. The first-order valence-corrected chi connectivity index (χ1v) is 4.02. The van der Waals surface area contributed by atoms with Gasteiger partial charge >= 0.3 is 5.97 Å². The lowest BCUT2D eigenvalue weighted by atomic mass is 10.2. The van der Waals surface area contributed by atoms with Gasteiger partial charge in [0.15, 0.2) is 0 Å². The molecule has 1 fully saturated rings. The second-order valence-corrected chi connectivity index (χ2v) is 3.36.